The molecule has 1 saturated carbocycles. The van der Waals surface area contributed by atoms with E-state index in [-0.39, 0.29) is 11.3 Å². The van der Waals surface area contributed by atoms with Crippen molar-refractivity contribution in [2.75, 3.05) is 32.6 Å². The Balaban J connectivity index is 2.92. The molecule has 0 unspecified atom stereocenters. The van der Waals surface area contributed by atoms with E-state index >= 15 is 0 Å². The van der Waals surface area contributed by atoms with E-state index in [1.165, 1.54) is 0 Å². The summed E-state index contributed by atoms with van der Waals surface area (Å²) in [5.41, 5.74) is 5.67. The zero-order valence-electron chi connectivity index (χ0n) is 13.8. The summed E-state index contributed by atoms with van der Waals surface area (Å²) in [7, 11) is -1.67. The molecule has 0 heterocycles. The predicted molar refractivity (Wildman–Crippen MR) is 86.7 cm³/mol. The van der Waals surface area contributed by atoms with Gasteiger partial charge in [0.2, 0.25) is 10.0 Å². The second-order valence-corrected chi connectivity index (χ2v) is 8.36. The summed E-state index contributed by atoms with van der Waals surface area (Å²) in [5.74, 6) is 0.822. The molecule has 21 heavy (non-hydrogen) atoms. The molecule has 6 heteroatoms. The van der Waals surface area contributed by atoms with Gasteiger partial charge in [-0.2, -0.15) is 4.31 Å². The van der Waals surface area contributed by atoms with Crippen molar-refractivity contribution < 1.29 is 13.2 Å². The minimum absolute atomic E-state index is 0.151. The second-order valence-electron chi connectivity index (χ2n) is 6.35. The molecule has 0 atom stereocenters. The van der Waals surface area contributed by atoms with E-state index < -0.39 is 10.0 Å². The number of rotatable bonds is 9. The van der Waals surface area contributed by atoms with Crippen LogP contribution in [0.1, 0.15) is 52.4 Å². The molecule has 0 radical (unpaired) electrons. The first kappa shape index (κ1) is 18.9. The summed E-state index contributed by atoms with van der Waals surface area (Å²) in [5, 5.41) is 0. The molecule has 0 bridgehead atoms. The number of sulfonamides is 1. The van der Waals surface area contributed by atoms with Crippen LogP contribution in [0, 0.1) is 5.92 Å². The highest BCUT2D eigenvalue weighted by Crippen LogP contribution is 2.37. The predicted octanol–water partition coefficient (Wildman–Crippen LogP) is 1.97. The Labute approximate surface area is 130 Å². The number of methoxy groups -OCH3 is 1. The fourth-order valence-corrected chi connectivity index (χ4v) is 5.24. The Morgan fingerprint density at radius 3 is 2.43 bits per heavy atom. The van der Waals surface area contributed by atoms with Crippen molar-refractivity contribution in [2.24, 2.45) is 11.7 Å². The molecule has 1 aliphatic carbocycles. The third-order valence-corrected chi connectivity index (χ3v) is 6.67. The van der Waals surface area contributed by atoms with Gasteiger partial charge in [-0.05, 0) is 44.4 Å². The molecule has 5 nitrogen and oxygen atoms in total. The SMILES string of the molecule is CCCN(C1(CN)CCC(C)CC1)S(=O)(=O)CCCOC. The van der Waals surface area contributed by atoms with Gasteiger partial charge in [-0.15, -0.1) is 0 Å². The van der Waals surface area contributed by atoms with Gasteiger partial charge in [-0.1, -0.05) is 13.8 Å². The quantitative estimate of drug-likeness (QED) is 0.659. The highest BCUT2D eigenvalue weighted by molar-refractivity contribution is 7.89. The number of ether oxygens (including phenoxy) is 1. The molecule has 0 saturated heterocycles. The van der Waals surface area contributed by atoms with Gasteiger partial charge < -0.3 is 10.5 Å². The van der Waals surface area contributed by atoms with Crippen LogP contribution in [-0.4, -0.2) is 50.8 Å². The molecule has 1 aliphatic rings. The van der Waals surface area contributed by atoms with Gasteiger partial charge in [0.1, 0.15) is 0 Å². The minimum atomic E-state index is -3.27. The smallest absolute Gasteiger partial charge is 0.214 e. The molecular weight excluding hydrogens is 288 g/mol. The maximum atomic E-state index is 12.8. The van der Waals surface area contributed by atoms with E-state index in [1.807, 2.05) is 6.92 Å². The van der Waals surface area contributed by atoms with Crippen LogP contribution in [0.5, 0.6) is 0 Å². The first-order valence-corrected chi connectivity index (χ1v) is 9.72. The maximum absolute atomic E-state index is 12.8. The van der Waals surface area contributed by atoms with Crippen LogP contribution >= 0.6 is 0 Å². The Kier molecular flexibility index (Phi) is 7.60. The number of hydrogen-bond acceptors (Lipinski definition) is 4. The molecule has 0 aromatic rings. The van der Waals surface area contributed by atoms with Gasteiger partial charge in [0.25, 0.3) is 0 Å². The fraction of sp³-hybridized carbons (Fsp3) is 1.00. The van der Waals surface area contributed by atoms with Crippen molar-refractivity contribution in [3.8, 4) is 0 Å². The largest absolute Gasteiger partial charge is 0.385 e. The summed E-state index contributed by atoms with van der Waals surface area (Å²) >= 11 is 0. The second kappa shape index (κ2) is 8.46. The van der Waals surface area contributed by atoms with Crippen LogP contribution in [0.3, 0.4) is 0 Å². The van der Waals surface area contributed by atoms with Crippen molar-refractivity contribution in [1.82, 2.24) is 4.31 Å². The first-order chi connectivity index (χ1) is 9.91. The van der Waals surface area contributed by atoms with Crippen molar-refractivity contribution in [2.45, 2.75) is 57.9 Å². The Hall–Kier alpha value is -0.170. The van der Waals surface area contributed by atoms with Gasteiger partial charge in [0.05, 0.1) is 5.75 Å². The van der Waals surface area contributed by atoms with Crippen LogP contribution in [0.15, 0.2) is 0 Å². The lowest BCUT2D eigenvalue weighted by molar-refractivity contribution is 0.115. The van der Waals surface area contributed by atoms with Crippen LogP contribution in [0.25, 0.3) is 0 Å². The van der Waals surface area contributed by atoms with E-state index in [0.717, 1.165) is 32.1 Å². The molecule has 1 rings (SSSR count). The van der Waals surface area contributed by atoms with Crippen LogP contribution in [-0.2, 0) is 14.8 Å². The van der Waals surface area contributed by atoms with Gasteiger partial charge in [0, 0.05) is 32.3 Å². The van der Waals surface area contributed by atoms with E-state index in [4.69, 9.17) is 10.5 Å². The molecule has 1 fully saturated rings. The van der Waals surface area contributed by atoms with E-state index in [1.54, 1.807) is 11.4 Å². The van der Waals surface area contributed by atoms with Crippen LogP contribution < -0.4 is 5.73 Å². The van der Waals surface area contributed by atoms with Gasteiger partial charge >= 0.3 is 0 Å². The van der Waals surface area contributed by atoms with Crippen molar-refractivity contribution >= 4 is 10.0 Å². The van der Waals surface area contributed by atoms with Gasteiger partial charge in [0.15, 0.2) is 0 Å². The molecule has 0 spiro atoms. The average molecular weight is 320 g/mol. The zero-order valence-corrected chi connectivity index (χ0v) is 14.6. The maximum Gasteiger partial charge on any atom is 0.214 e. The molecule has 126 valence electrons. The Bertz CT molecular complexity index is 390. The van der Waals surface area contributed by atoms with Gasteiger partial charge in [-0.3, -0.25) is 0 Å². The fourth-order valence-electron chi connectivity index (χ4n) is 3.23. The lowest BCUT2D eigenvalue weighted by atomic mass is 9.77. The minimum Gasteiger partial charge on any atom is -0.385 e. The third kappa shape index (κ3) is 4.91. The Morgan fingerprint density at radius 2 is 1.95 bits per heavy atom. The summed E-state index contributed by atoms with van der Waals surface area (Å²) < 4.78 is 32.2. The lowest BCUT2D eigenvalue weighted by Gasteiger charge is -2.46. The summed E-state index contributed by atoms with van der Waals surface area (Å²) in [6, 6.07) is 0. The molecule has 0 aromatic heterocycles. The first-order valence-electron chi connectivity index (χ1n) is 8.11. The molecule has 0 aliphatic heterocycles. The van der Waals surface area contributed by atoms with Crippen LogP contribution in [0.4, 0.5) is 0 Å². The summed E-state index contributed by atoms with van der Waals surface area (Å²) in [6.07, 6.45) is 5.25. The van der Waals surface area contributed by atoms with Crippen molar-refractivity contribution in [3.63, 3.8) is 0 Å². The zero-order chi connectivity index (χ0) is 15.9. The Morgan fingerprint density at radius 1 is 1.33 bits per heavy atom. The van der Waals surface area contributed by atoms with Crippen molar-refractivity contribution in [3.05, 3.63) is 0 Å². The third-order valence-electron chi connectivity index (χ3n) is 4.63. The number of nitrogens with zero attached hydrogens (tertiary/aromatic N) is 1. The lowest BCUT2D eigenvalue weighted by Crippen LogP contribution is -2.58. The monoisotopic (exact) mass is 320 g/mol. The summed E-state index contributed by atoms with van der Waals surface area (Å²) in [6.45, 7) is 5.72. The van der Waals surface area contributed by atoms with Crippen molar-refractivity contribution in [1.29, 1.82) is 0 Å². The van der Waals surface area contributed by atoms with E-state index in [2.05, 4.69) is 6.92 Å². The highest BCUT2D eigenvalue weighted by atomic mass is 32.2. The van der Waals surface area contributed by atoms with Crippen LogP contribution in [0.2, 0.25) is 0 Å². The molecular formula is C15H32N2O3S. The standard InChI is InChI=1S/C15H32N2O3S/c1-4-10-17(21(18,19)12-5-11-20-3)15(13-16)8-6-14(2)7-9-15/h14H,4-13,16H2,1-3H3. The highest BCUT2D eigenvalue weighted by Gasteiger charge is 2.43. The normalized spacial score (nSPS) is 27.2. The topological polar surface area (TPSA) is 72.6 Å². The van der Waals surface area contributed by atoms with E-state index in [0.29, 0.717) is 32.0 Å². The molecule has 2 N–H and O–H groups in total. The average Bonchev–Trinajstić information content (AvgIpc) is 2.46. The number of hydrogen-bond donors (Lipinski definition) is 1. The number of nitrogens with two attached hydrogens (primary N) is 1. The van der Waals surface area contributed by atoms with Gasteiger partial charge in [-0.25, -0.2) is 8.42 Å². The molecule has 0 amide bonds. The van der Waals surface area contributed by atoms with E-state index in [9.17, 15) is 8.42 Å². The molecule has 0 aromatic carbocycles. The summed E-state index contributed by atoms with van der Waals surface area (Å²) in [4.78, 5) is 0.